The number of rotatable bonds is 1. The molecule has 1 aliphatic carbocycles. The Morgan fingerprint density at radius 2 is 1.67 bits per heavy atom. The number of nitrogens with one attached hydrogen (secondary N) is 2. The minimum atomic E-state index is -0.0105. The normalized spacial score (nSPS) is 22.9. The lowest BCUT2D eigenvalue weighted by Crippen LogP contribution is -2.50. The summed E-state index contributed by atoms with van der Waals surface area (Å²) in [6, 6.07) is 10.3. The van der Waals surface area contributed by atoms with Gasteiger partial charge in [-0.05, 0) is 50.0 Å². The van der Waals surface area contributed by atoms with E-state index in [1.165, 1.54) is 25.7 Å². The van der Waals surface area contributed by atoms with E-state index in [1.54, 1.807) is 0 Å². The molecule has 18 heavy (non-hydrogen) atoms. The Bertz CT molecular complexity index is 424. The molecular weight excluding hydrogens is 242 g/mol. The number of thiocarbonyl (C=S) groups is 1. The SMILES string of the molecule is S=C1NC2(CCCCCC2)NN1c1ccccc1. The van der Waals surface area contributed by atoms with E-state index in [4.69, 9.17) is 12.2 Å². The quantitative estimate of drug-likeness (QED) is 0.760. The van der Waals surface area contributed by atoms with Gasteiger partial charge in [0.05, 0.1) is 5.69 Å². The van der Waals surface area contributed by atoms with Gasteiger partial charge >= 0.3 is 0 Å². The largest absolute Gasteiger partial charge is 0.342 e. The highest BCUT2D eigenvalue weighted by Crippen LogP contribution is 2.30. The van der Waals surface area contributed by atoms with Crippen molar-refractivity contribution in [1.29, 1.82) is 0 Å². The summed E-state index contributed by atoms with van der Waals surface area (Å²) < 4.78 is 0. The monoisotopic (exact) mass is 261 g/mol. The molecule has 0 radical (unpaired) electrons. The van der Waals surface area contributed by atoms with Gasteiger partial charge in [-0.3, -0.25) is 5.01 Å². The van der Waals surface area contributed by atoms with Crippen molar-refractivity contribution in [1.82, 2.24) is 10.7 Å². The van der Waals surface area contributed by atoms with Crippen molar-refractivity contribution in [2.24, 2.45) is 0 Å². The summed E-state index contributed by atoms with van der Waals surface area (Å²) >= 11 is 5.47. The van der Waals surface area contributed by atoms with Crippen LogP contribution >= 0.6 is 12.2 Å². The average molecular weight is 261 g/mol. The van der Waals surface area contributed by atoms with Crippen LogP contribution in [0.1, 0.15) is 38.5 Å². The van der Waals surface area contributed by atoms with Crippen molar-refractivity contribution >= 4 is 23.0 Å². The van der Waals surface area contributed by atoms with E-state index in [9.17, 15) is 0 Å². The standard InChI is InChI=1S/C14H19N3S/c18-13-15-14(10-6-1-2-7-11-14)16-17(13)12-8-4-3-5-9-12/h3-5,8-9,16H,1-2,6-7,10-11H2,(H,15,18). The third-order valence-electron chi connectivity index (χ3n) is 3.85. The Kier molecular flexibility index (Phi) is 3.22. The van der Waals surface area contributed by atoms with Crippen LogP contribution in [0.25, 0.3) is 0 Å². The molecule has 1 spiro atoms. The second-order valence-electron chi connectivity index (χ2n) is 5.21. The van der Waals surface area contributed by atoms with Gasteiger partial charge in [0.2, 0.25) is 0 Å². The van der Waals surface area contributed by atoms with Crippen molar-refractivity contribution in [2.75, 3.05) is 5.01 Å². The number of nitrogens with zero attached hydrogens (tertiary/aromatic N) is 1. The van der Waals surface area contributed by atoms with Crippen LogP contribution in [0.4, 0.5) is 5.69 Å². The first-order valence-corrected chi connectivity index (χ1v) is 7.15. The summed E-state index contributed by atoms with van der Waals surface area (Å²) in [4.78, 5) is 0. The number of benzene rings is 1. The van der Waals surface area contributed by atoms with Crippen molar-refractivity contribution in [2.45, 2.75) is 44.2 Å². The maximum absolute atomic E-state index is 5.47. The molecule has 1 aromatic carbocycles. The van der Waals surface area contributed by atoms with E-state index in [1.807, 2.05) is 23.2 Å². The predicted octanol–water partition coefficient (Wildman–Crippen LogP) is 2.94. The summed E-state index contributed by atoms with van der Waals surface area (Å²) in [7, 11) is 0. The molecule has 1 saturated carbocycles. The van der Waals surface area contributed by atoms with Crippen LogP contribution in [0.15, 0.2) is 30.3 Å². The summed E-state index contributed by atoms with van der Waals surface area (Å²) in [5, 5.41) is 6.31. The molecule has 0 aromatic heterocycles. The fourth-order valence-electron chi connectivity index (χ4n) is 2.88. The fraction of sp³-hybridized carbons (Fsp3) is 0.500. The number of anilines is 1. The Hall–Kier alpha value is -1.13. The molecule has 3 nitrogen and oxygen atoms in total. The van der Waals surface area contributed by atoms with Crippen LogP contribution in [0.3, 0.4) is 0 Å². The molecule has 1 saturated heterocycles. The maximum Gasteiger partial charge on any atom is 0.189 e. The summed E-state index contributed by atoms with van der Waals surface area (Å²) in [5.41, 5.74) is 4.69. The molecule has 0 bridgehead atoms. The first kappa shape index (κ1) is 11.9. The van der Waals surface area contributed by atoms with Gasteiger partial charge in [-0.15, -0.1) is 0 Å². The fourth-order valence-corrected chi connectivity index (χ4v) is 3.23. The molecular formula is C14H19N3S. The smallest absolute Gasteiger partial charge is 0.189 e. The van der Waals surface area contributed by atoms with Crippen molar-refractivity contribution in [3.63, 3.8) is 0 Å². The van der Waals surface area contributed by atoms with Gasteiger partial charge in [0.15, 0.2) is 5.11 Å². The summed E-state index contributed by atoms with van der Waals surface area (Å²) in [6.45, 7) is 0. The van der Waals surface area contributed by atoms with Crippen LogP contribution in [0.5, 0.6) is 0 Å². The van der Waals surface area contributed by atoms with Crippen LogP contribution in [-0.2, 0) is 0 Å². The highest BCUT2D eigenvalue weighted by atomic mass is 32.1. The lowest BCUT2D eigenvalue weighted by atomic mass is 10.0. The molecule has 4 heteroatoms. The average Bonchev–Trinajstić information content (AvgIpc) is 2.58. The zero-order valence-electron chi connectivity index (χ0n) is 10.5. The maximum atomic E-state index is 5.47. The molecule has 1 aromatic rings. The van der Waals surface area contributed by atoms with E-state index in [2.05, 4.69) is 22.9 Å². The predicted molar refractivity (Wildman–Crippen MR) is 78.2 cm³/mol. The summed E-state index contributed by atoms with van der Waals surface area (Å²) in [6.07, 6.45) is 7.51. The number of hydrazine groups is 1. The zero-order chi connectivity index (χ0) is 12.4. The third-order valence-corrected chi connectivity index (χ3v) is 4.13. The van der Waals surface area contributed by atoms with Crippen LogP contribution < -0.4 is 15.8 Å². The van der Waals surface area contributed by atoms with Gasteiger partial charge in [-0.25, -0.2) is 5.43 Å². The van der Waals surface area contributed by atoms with E-state index in [0.29, 0.717) is 0 Å². The molecule has 2 N–H and O–H groups in total. The lowest BCUT2D eigenvalue weighted by molar-refractivity contribution is 0.296. The number of hydrogen-bond donors (Lipinski definition) is 2. The third kappa shape index (κ3) is 2.22. The van der Waals surface area contributed by atoms with E-state index in [-0.39, 0.29) is 5.66 Å². The lowest BCUT2D eigenvalue weighted by Gasteiger charge is -2.28. The van der Waals surface area contributed by atoms with Crippen LogP contribution in [-0.4, -0.2) is 10.8 Å². The molecule has 1 heterocycles. The number of hydrogen-bond acceptors (Lipinski definition) is 2. The first-order valence-electron chi connectivity index (χ1n) is 6.74. The Labute approximate surface area is 114 Å². The molecule has 0 amide bonds. The molecule has 2 aliphatic rings. The van der Waals surface area contributed by atoms with Crippen molar-refractivity contribution in [3.05, 3.63) is 30.3 Å². The van der Waals surface area contributed by atoms with E-state index in [0.717, 1.165) is 23.6 Å². The molecule has 2 fully saturated rings. The minimum absolute atomic E-state index is 0.0105. The van der Waals surface area contributed by atoms with Crippen LogP contribution in [0, 0.1) is 0 Å². The van der Waals surface area contributed by atoms with E-state index >= 15 is 0 Å². The van der Waals surface area contributed by atoms with Gasteiger partial charge in [0, 0.05) is 0 Å². The van der Waals surface area contributed by atoms with Gasteiger partial charge in [-0.2, -0.15) is 0 Å². The molecule has 0 atom stereocenters. The van der Waals surface area contributed by atoms with Crippen LogP contribution in [0.2, 0.25) is 0 Å². The Balaban J connectivity index is 1.81. The van der Waals surface area contributed by atoms with E-state index < -0.39 is 0 Å². The Morgan fingerprint density at radius 3 is 2.33 bits per heavy atom. The van der Waals surface area contributed by atoms with Gasteiger partial charge in [-0.1, -0.05) is 31.0 Å². The molecule has 1 aliphatic heterocycles. The van der Waals surface area contributed by atoms with Gasteiger partial charge < -0.3 is 5.32 Å². The summed E-state index contributed by atoms with van der Waals surface area (Å²) in [5.74, 6) is 0. The minimum Gasteiger partial charge on any atom is -0.342 e. The van der Waals surface area contributed by atoms with Crippen molar-refractivity contribution in [3.8, 4) is 0 Å². The second kappa shape index (κ2) is 4.86. The van der Waals surface area contributed by atoms with Crippen molar-refractivity contribution < 1.29 is 0 Å². The molecule has 0 unspecified atom stereocenters. The topological polar surface area (TPSA) is 27.3 Å². The Morgan fingerprint density at radius 1 is 1.00 bits per heavy atom. The zero-order valence-corrected chi connectivity index (χ0v) is 11.3. The first-order chi connectivity index (χ1) is 8.79. The highest BCUT2D eigenvalue weighted by Gasteiger charge is 2.40. The molecule has 3 rings (SSSR count). The van der Waals surface area contributed by atoms with Gasteiger partial charge in [0.1, 0.15) is 5.66 Å². The van der Waals surface area contributed by atoms with Gasteiger partial charge in [0.25, 0.3) is 0 Å². The molecule has 96 valence electrons. The number of para-hydroxylation sites is 1. The second-order valence-corrected chi connectivity index (χ2v) is 5.60. The highest BCUT2D eigenvalue weighted by molar-refractivity contribution is 7.80.